The molecule has 0 aliphatic carbocycles. The number of carbonyl (C=O) groups excluding carboxylic acids is 1. The van der Waals surface area contributed by atoms with Crippen molar-refractivity contribution in [2.24, 2.45) is 0 Å². The standard InChI is InChI=1S/C13H15NO5/c1-13(12(18)19)5-2-6-14(13)11(17)9-7-8(15)3-4-10(9)16/h3-4,7,15-16H,2,5-6H2,1H3,(H,18,19). The number of carbonyl (C=O) groups is 2. The minimum atomic E-state index is -1.27. The van der Waals surface area contributed by atoms with Gasteiger partial charge < -0.3 is 20.2 Å². The van der Waals surface area contributed by atoms with Gasteiger partial charge in [0.2, 0.25) is 0 Å². The molecule has 1 aliphatic heterocycles. The van der Waals surface area contributed by atoms with Crippen LogP contribution >= 0.6 is 0 Å². The molecular weight excluding hydrogens is 250 g/mol. The maximum absolute atomic E-state index is 12.3. The molecule has 2 rings (SSSR count). The summed E-state index contributed by atoms with van der Waals surface area (Å²) < 4.78 is 0. The van der Waals surface area contributed by atoms with Crippen LogP contribution in [0.1, 0.15) is 30.1 Å². The molecule has 0 saturated carbocycles. The van der Waals surface area contributed by atoms with Gasteiger partial charge in [0, 0.05) is 6.54 Å². The zero-order chi connectivity index (χ0) is 14.2. The summed E-state index contributed by atoms with van der Waals surface area (Å²) in [5.41, 5.74) is -1.36. The summed E-state index contributed by atoms with van der Waals surface area (Å²) in [7, 11) is 0. The van der Waals surface area contributed by atoms with Crippen molar-refractivity contribution >= 4 is 11.9 Å². The van der Waals surface area contributed by atoms with E-state index in [0.29, 0.717) is 19.4 Å². The Bertz CT molecular complexity index is 542. The summed E-state index contributed by atoms with van der Waals surface area (Å²) in [5, 5.41) is 28.3. The highest BCUT2D eigenvalue weighted by atomic mass is 16.4. The largest absolute Gasteiger partial charge is 0.508 e. The summed E-state index contributed by atoms with van der Waals surface area (Å²) in [6, 6.07) is 3.60. The average molecular weight is 265 g/mol. The van der Waals surface area contributed by atoms with Gasteiger partial charge in [-0.2, -0.15) is 0 Å². The fraction of sp³-hybridized carbons (Fsp3) is 0.385. The lowest BCUT2D eigenvalue weighted by molar-refractivity contribution is -0.147. The predicted molar refractivity (Wildman–Crippen MR) is 66.1 cm³/mol. The fourth-order valence-electron chi connectivity index (χ4n) is 2.35. The van der Waals surface area contributed by atoms with Crippen LogP contribution in [-0.2, 0) is 4.79 Å². The normalized spacial score (nSPS) is 22.5. The first-order valence-corrected chi connectivity index (χ1v) is 5.93. The van der Waals surface area contributed by atoms with Crippen LogP contribution in [0, 0.1) is 0 Å². The van der Waals surface area contributed by atoms with Gasteiger partial charge in [0.25, 0.3) is 5.91 Å². The van der Waals surface area contributed by atoms with Gasteiger partial charge in [-0.25, -0.2) is 4.79 Å². The Balaban J connectivity index is 2.39. The molecule has 3 N–H and O–H groups in total. The van der Waals surface area contributed by atoms with Crippen LogP contribution in [0.4, 0.5) is 0 Å². The Kier molecular flexibility index (Phi) is 3.09. The third-order valence-electron chi connectivity index (χ3n) is 3.56. The van der Waals surface area contributed by atoms with E-state index in [-0.39, 0.29) is 17.1 Å². The van der Waals surface area contributed by atoms with Crippen LogP contribution in [0.15, 0.2) is 18.2 Å². The van der Waals surface area contributed by atoms with Gasteiger partial charge in [-0.15, -0.1) is 0 Å². The van der Waals surface area contributed by atoms with Gasteiger partial charge in [0.15, 0.2) is 0 Å². The number of amides is 1. The summed E-state index contributed by atoms with van der Waals surface area (Å²) in [6.07, 6.45) is 0.960. The lowest BCUT2D eigenvalue weighted by Crippen LogP contribution is -2.50. The van der Waals surface area contributed by atoms with Gasteiger partial charge in [-0.3, -0.25) is 4.79 Å². The highest BCUT2D eigenvalue weighted by Crippen LogP contribution is 2.33. The van der Waals surface area contributed by atoms with Gasteiger partial charge >= 0.3 is 5.97 Å². The number of rotatable bonds is 2. The number of carboxylic acid groups (broad SMARTS) is 1. The lowest BCUT2D eigenvalue weighted by atomic mass is 9.98. The maximum Gasteiger partial charge on any atom is 0.329 e. The van der Waals surface area contributed by atoms with Gasteiger partial charge in [0.05, 0.1) is 5.56 Å². The van der Waals surface area contributed by atoms with Crippen LogP contribution in [-0.4, -0.2) is 44.2 Å². The van der Waals surface area contributed by atoms with Gasteiger partial charge in [0.1, 0.15) is 17.0 Å². The van der Waals surface area contributed by atoms with Gasteiger partial charge in [-0.05, 0) is 38.0 Å². The van der Waals surface area contributed by atoms with E-state index >= 15 is 0 Å². The summed E-state index contributed by atoms with van der Waals surface area (Å²) in [6.45, 7) is 1.80. The second kappa shape index (κ2) is 4.46. The number of aliphatic carboxylic acids is 1. The topological polar surface area (TPSA) is 98.1 Å². The van der Waals surface area contributed by atoms with Crippen LogP contribution in [0.25, 0.3) is 0 Å². The molecule has 1 aromatic carbocycles. The molecule has 1 amide bonds. The lowest BCUT2D eigenvalue weighted by Gasteiger charge is -2.31. The molecule has 6 heteroatoms. The number of hydrogen-bond donors (Lipinski definition) is 3. The zero-order valence-corrected chi connectivity index (χ0v) is 10.5. The molecule has 0 radical (unpaired) electrons. The molecule has 0 bridgehead atoms. The first kappa shape index (κ1) is 13.2. The number of nitrogens with zero attached hydrogens (tertiary/aromatic N) is 1. The van der Waals surface area contributed by atoms with Crippen LogP contribution < -0.4 is 0 Å². The Hall–Kier alpha value is -2.24. The minimum Gasteiger partial charge on any atom is -0.508 e. The minimum absolute atomic E-state index is 0.0885. The molecule has 1 aromatic rings. The number of carboxylic acids is 1. The molecule has 1 atom stereocenters. The molecule has 1 aliphatic rings. The number of hydrogen-bond acceptors (Lipinski definition) is 4. The smallest absolute Gasteiger partial charge is 0.329 e. The number of benzene rings is 1. The average Bonchev–Trinajstić information content (AvgIpc) is 2.75. The Morgan fingerprint density at radius 1 is 1.32 bits per heavy atom. The number of aromatic hydroxyl groups is 2. The van der Waals surface area contributed by atoms with Crippen molar-refractivity contribution < 1.29 is 24.9 Å². The van der Waals surface area contributed by atoms with E-state index in [0.717, 1.165) is 6.07 Å². The Morgan fingerprint density at radius 2 is 2.00 bits per heavy atom. The van der Waals surface area contributed by atoms with Crippen LogP contribution in [0.3, 0.4) is 0 Å². The molecule has 6 nitrogen and oxygen atoms in total. The molecule has 19 heavy (non-hydrogen) atoms. The van der Waals surface area contributed by atoms with Crippen LogP contribution in [0.2, 0.25) is 0 Å². The Morgan fingerprint density at radius 3 is 2.63 bits per heavy atom. The molecule has 1 unspecified atom stereocenters. The molecule has 102 valence electrons. The number of phenolic OH excluding ortho intramolecular Hbond substituents is 2. The van der Waals surface area contributed by atoms with E-state index in [4.69, 9.17) is 0 Å². The molecular formula is C13H15NO5. The SMILES string of the molecule is CC1(C(=O)O)CCCN1C(=O)c1cc(O)ccc1O. The molecule has 0 spiro atoms. The molecule has 1 fully saturated rings. The van der Waals surface area contributed by atoms with E-state index < -0.39 is 17.4 Å². The summed E-state index contributed by atoms with van der Waals surface area (Å²) in [4.78, 5) is 24.9. The monoisotopic (exact) mass is 265 g/mol. The number of phenols is 2. The second-order valence-corrected chi connectivity index (χ2v) is 4.84. The van der Waals surface area contributed by atoms with Crippen molar-refractivity contribution in [3.63, 3.8) is 0 Å². The van der Waals surface area contributed by atoms with Crippen LogP contribution in [0.5, 0.6) is 11.5 Å². The van der Waals surface area contributed by atoms with Gasteiger partial charge in [-0.1, -0.05) is 0 Å². The molecule has 1 heterocycles. The van der Waals surface area contributed by atoms with E-state index in [2.05, 4.69) is 0 Å². The van der Waals surface area contributed by atoms with E-state index in [1.54, 1.807) is 0 Å². The third-order valence-corrected chi connectivity index (χ3v) is 3.56. The predicted octanol–water partition coefficient (Wildman–Crippen LogP) is 1.18. The highest BCUT2D eigenvalue weighted by Gasteiger charge is 2.46. The van der Waals surface area contributed by atoms with Crippen molar-refractivity contribution in [1.82, 2.24) is 4.90 Å². The van der Waals surface area contributed by atoms with Crippen molar-refractivity contribution in [2.45, 2.75) is 25.3 Å². The van der Waals surface area contributed by atoms with Crippen molar-refractivity contribution in [3.8, 4) is 11.5 Å². The zero-order valence-electron chi connectivity index (χ0n) is 10.5. The maximum atomic E-state index is 12.3. The highest BCUT2D eigenvalue weighted by molar-refractivity contribution is 6.00. The molecule has 1 saturated heterocycles. The first-order chi connectivity index (χ1) is 8.86. The fourth-order valence-corrected chi connectivity index (χ4v) is 2.35. The third kappa shape index (κ3) is 2.09. The quantitative estimate of drug-likeness (QED) is 0.697. The summed E-state index contributed by atoms with van der Waals surface area (Å²) >= 11 is 0. The van der Waals surface area contributed by atoms with E-state index in [1.807, 2.05) is 0 Å². The first-order valence-electron chi connectivity index (χ1n) is 5.93. The van der Waals surface area contributed by atoms with Crippen molar-refractivity contribution in [3.05, 3.63) is 23.8 Å². The number of likely N-dealkylation sites (tertiary alicyclic amines) is 1. The van der Waals surface area contributed by atoms with E-state index in [1.165, 1.54) is 24.0 Å². The second-order valence-electron chi connectivity index (χ2n) is 4.84. The summed E-state index contributed by atoms with van der Waals surface area (Å²) in [5.74, 6) is -2.09. The van der Waals surface area contributed by atoms with Crippen molar-refractivity contribution in [1.29, 1.82) is 0 Å². The van der Waals surface area contributed by atoms with Crippen molar-refractivity contribution in [2.75, 3.05) is 6.54 Å². The Labute approximate surface area is 109 Å². The molecule has 0 aromatic heterocycles. The van der Waals surface area contributed by atoms with E-state index in [9.17, 15) is 24.9 Å².